The fourth-order valence-corrected chi connectivity index (χ4v) is 5.38. The highest BCUT2D eigenvalue weighted by atomic mass is 35.5. The maximum absolute atomic E-state index is 14.8. The molecular formula is C31H32ClFN4O4. The number of halogens is 2. The van der Waals surface area contributed by atoms with Gasteiger partial charge in [-0.25, -0.2) is 9.40 Å². The highest BCUT2D eigenvalue weighted by Crippen LogP contribution is 2.38. The molecule has 3 aromatic carbocycles. The summed E-state index contributed by atoms with van der Waals surface area (Å²) in [6, 6.07) is 20.0. The van der Waals surface area contributed by atoms with E-state index in [2.05, 4.69) is 10.0 Å². The molecule has 2 amide bonds. The number of ether oxygens (including phenoxy) is 2. The smallest absolute Gasteiger partial charge is 0.262 e. The molecule has 3 aromatic rings. The van der Waals surface area contributed by atoms with Gasteiger partial charge in [0.2, 0.25) is 0 Å². The summed E-state index contributed by atoms with van der Waals surface area (Å²) in [5.74, 6) is -0.560. The number of methoxy groups -OCH3 is 1. The Bertz CT molecular complexity index is 1430. The largest absolute Gasteiger partial charge is 0.496 e. The van der Waals surface area contributed by atoms with Gasteiger partial charge >= 0.3 is 0 Å². The number of hydrogen-bond donors (Lipinski definition) is 0. The fraction of sp³-hybridized carbons (Fsp3) is 0.323. The second kappa shape index (κ2) is 13.2. The average Bonchev–Trinajstić information content (AvgIpc) is 3.45. The number of hydrazone groups is 1. The molecule has 0 aromatic heterocycles. The monoisotopic (exact) mass is 578 g/mol. The molecule has 0 aliphatic carbocycles. The third-order valence-electron chi connectivity index (χ3n) is 7.36. The van der Waals surface area contributed by atoms with Gasteiger partial charge in [-0.3, -0.25) is 14.5 Å². The zero-order chi connectivity index (χ0) is 28.8. The first-order valence-electron chi connectivity index (χ1n) is 13.6. The second-order valence-electron chi connectivity index (χ2n) is 9.89. The summed E-state index contributed by atoms with van der Waals surface area (Å²) in [5.41, 5.74) is 1.85. The van der Waals surface area contributed by atoms with Crippen molar-refractivity contribution in [2.75, 3.05) is 53.0 Å². The van der Waals surface area contributed by atoms with Gasteiger partial charge in [-0.2, -0.15) is 5.10 Å². The molecule has 1 atom stereocenters. The molecule has 214 valence electrons. The van der Waals surface area contributed by atoms with E-state index in [0.717, 1.165) is 18.7 Å². The molecule has 2 aliphatic rings. The summed E-state index contributed by atoms with van der Waals surface area (Å²) >= 11 is 6.37. The lowest BCUT2D eigenvalue weighted by Crippen LogP contribution is -2.46. The lowest BCUT2D eigenvalue weighted by Gasteiger charge is -2.31. The Labute approximate surface area is 243 Å². The summed E-state index contributed by atoms with van der Waals surface area (Å²) in [6.07, 6.45) is 0.291. The average molecular weight is 579 g/mol. The minimum absolute atomic E-state index is 0.228. The number of para-hydroxylation sites is 1. The van der Waals surface area contributed by atoms with E-state index in [9.17, 15) is 14.0 Å². The van der Waals surface area contributed by atoms with Crippen LogP contribution in [0, 0.1) is 5.82 Å². The minimum Gasteiger partial charge on any atom is -0.496 e. The van der Waals surface area contributed by atoms with Crippen molar-refractivity contribution in [2.24, 2.45) is 5.10 Å². The molecule has 2 heterocycles. The van der Waals surface area contributed by atoms with E-state index in [1.54, 1.807) is 49.6 Å². The van der Waals surface area contributed by atoms with Crippen molar-refractivity contribution in [3.05, 3.63) is 100 Å². The van der Waals surface area contributed by atoms with Gasteiger partial charge in [0.15, 0.2) is 0 Å². The van der Waals surface area contributed by atoms with Crippen LogP contribution in [0.3, 0.4) is 0 Å². The van der Waals surface area contributed by atoms with Crippen LogP contribution in [-0.4, -0.2) is 85.4 Å². The van der Waals surface area contributed by atoms with E-state index >= 15 is 0 Å². The van der Waals surface area contributed by atoms with E-state index in [1.807, 2.05) is 24.3 Å². The summed E-state index contributed by atoms with van der Waals surface area (Å²) in [4.78, 5) is 31.4. The predicted molar refractivity (Wildman–Crippen MR) is 155 cm³/mol. The molecule has 0 spiro atoms. The van der Waals surface area contributed by atoms with Gasteiger partial charge in [0.05, 0.1) is 42.7 Å². The Morgan fingerprint density at radius 1 is 1.05 bits per heavy atom. The van der Waals surface area contributed by atoms with E-state index < -0.39 is 17.8 Å². The molecule has 0 saturated carbocycles. The molecule has 0 radical (unpaired) electrons. The Kier molecular flexibility index (Phi) is 9.28. The molecule has 10 heteroatoms. The van der Waals surface area contributed by atoms with Gasteiger partial charge in [-0.1, -0.05) is 60.1 Å². The third-order valence-corrected chi connectivity index (χ3v) is 7.69. The van der Waals surface area contributed by atoms with Crippen LogP contribution in [0.4, 0.5) is 4.39 Å². The molecule has 0 N–H and O–H groups in total. The lowest BCUT2D eigenvalue weighted by molar-refractivity contribution is -0.133. The first-order valence-corrected chi connectivity index (χ1v) is 14.0. The maximum Gasteiger partial charge on any atom is 0.262 e. The van der Waals surface area contributed by atoms with Crippen LogP contribution in [0.2, 0.25) is 5.02 Å². The lowest BCUT2D eigenvalue weighted by atomic mass is 9.97. The molecule has 0 bridgehead atoms. The standard InChI is InChI=1S/C31H32ClFN4O4/c1-40-29-13-7-4-10-24(29)28-20-27(23-9-3-6-12-26(23)33)34-37(28)30(38)21-36(15-14-35-16-18-41-19-17-35)31(39)22-8-2-5-11-25(22)32/h2-13,28H,14-21H2,1H3. The van der Waals surface area contributed by atoms with Crippen LogP contribution >= 0.6 is 11.6 Å². The maximum atomic E-state index is 14.8. The molecule has 5 rings (SSSR count). The van der Waals surface area contributed by atoms with E-state index in [-0.39, 0.29) is 12.5 Å². The number of nitrogens with zero attached hydrogens (tertiary/aromatic N) is 4. The van der Waals surface area contributed by atoms with E-state index in [1.165, 1.54) is 16.0 Å². The quantitative estimate of drug-likeness (QED) is 0.370. The Hall–Kier alpha value is -3.79. The van der Waals surface area contributed by atoms with Crippen LogP contribution < -0.4 is 4.74 Å². The topological polar surface area (TPSA) is 74.7 Å². The number of carbonyl (C=O) groups excluding carboxylic acids is 2. The summed E-state index contributed by atoms with van der Waals surface area (Å²) < 4.78 is 25.8. The van der Waals surface area contributed by atoms with Gasteiger partial charge in [-0.15, -0.1) is 0 Å². The van der Waals surface area contributed by atoms with Gasteiger partial charge in [0.25, 0.3) is 11.8 Å². The predicted octanol–water partition coefficient (Wildman–Crippen LogP) is 4.64. The fourth-order valence-electron chi connectivity index (χ4n) is 5.16. The van der Waals surface area contributed by atoms with Crippen molar-refractivity contribution in [1.29, 1.82) is 0 Å². The molecule has 2 aliphatic heterocycles. The van der Waals surface area contributed by atoms with Crippen LogP contribution in [0.5, 0.6) is 5.75 Å². The van der Waals surface area contributed by atoms with Gasteiger partial charge in [0.1, 0.15) is 18.1 Å². The second-order valence-corrected chi connectivity index (χ2v) is 10.3. The van der Waals surface area contributed by atoms with Crippen LogP contribution in [0.25, 0.3) is 0 Å². The highest BCUT2D eigenvalue weighted by molar-refractivity contribution is 6.33. The minimum atomic E-state index is -0.537. The Morgan fingerprint density at radius 2 is 1.76 bits per heavy atom. The van der Waals surface area contributed by atoms with Crippen molar-refractivity contribution in [1.82, 2.24) is 14.8 Å². The van der Waals surface area contributed by atoms with Gasteiger partial charge in [0, 0.05) is 43.7 Å². The summed E-state index contributed by atoms with van der Waals surface area (Å²) in [7, 11) is 1.56. The van der Waals surface area contributed by atoms with E-state index in [4.69, 9.17) is 21.1 Å². The molecule has 8 nitrogen and oxygen atoms in total. The SMILES string of the molecule is COc1ccccc1C1CC(c2ccccc2F)=NN1C(=O)CN(CCN1CCOCC1)C(=O)c1ccccc1Cl. The summed E-state index contributed by atoms with van der Waals surface area (Å²) in [5, 5.41) is 6.30. The van der Waals surface area contributed by atoms with Crippen LogP contribution in [0.15, 0.2) is 77.9 Å². The summed E-state index contributed by atoms with van der Waals surface area (Å²) in [6.45, 7) is 3.41. The molecule has 1 saturated heterocycles. The number of morpholine rings is 1. The first kappa shape index (κ1) is 28.7. The number of carbonyl (C=O) groups is 2. The van der Waals surface area contributed by atoms with Crippen LogP contribution in [0.1, 0.15) is 33.9 Å². The van der Waals surface area contributed by atoms with Crippen molar-refractivity contribution < 1.29 is 23.5 Å². The first-order chi connectivity index (χ1) is 20.0. The molecule has 1 fully saturated rings. The number of rotatable bonds is 9. The number of benzene rings is 3. The molecule has 41 heavy (non-hydrogen) atoms. The zero-order valence-corrected chi connectivity index (χ0v) is 23.6. The Morgan fingerprint density at radius 3 is 2.51 bits per heavy atom. The third kappa shape index (κ3) is 6.59. The van der Waals surface area contributed by atoms with Crippen LogP contribution in [-0.2, 0) is 9.53 Å². The molecule has 1 unspecified atom stereocenters. The van der Waals surface area contributed by atoms with Crippen molar-refractivity contribution in [3.8, 4) is 5.75 Å². The van der Waals surface area contributed by atoms with Crippen molar-refractivity contribution in [3.63, 3.8) is 0 Å². The number of hydrogen-bond acceptors (Lipinski definition) is 6. The molecular weight excluding hydrogens is 547 g/mol. The zero-order valence-electron chi connectivity index (χ0n) is 22.8. The van der Waals surface area contributed by atoms with Crippen molar-refractivity contribution in [2.45, 2.75) is 12.5 Å². The Balaban J connectivity index is 1.45. The van der Waals surface area contributed by atoms with E-state index in [0.29, 0.717) is 60.3 Å². The normalized spacial score (nSPS) is 17.3. The van der Waals surface area contributed by atoms with Gasteiger partial charge < -0.3 is 14.4 Å². The highest BCUT2D eigenvalue weighted by Gasteiger charge is 2.36. The van der Waals surface area contributed by atoms with Crippen molar-refractivity contribution >= 4 is 29.1 Å². The number of amides is 2. The van der Waals surface area contributed by atoms with Gasteiger partial charge in [-0.05, 0) is 24.3 Å².